The summed E-state index contributed by atoms with van der Waals surface area (Å²) in [6, 6.07) is 11.6. The third-order valence-corrected chi connectivity index (χ3v) is 4.36. The molecule has 0 atom stereocenters. The van der Waals surface area contributed by atoms with Gasteiger partial charge in [-0.05, 0) is 55.7 Å². The third-order valence-electron chi connectivity index (χ3n) is 4.36. The molecule has 3 aromatic rings. The highest BCUT2D eigenvalue weighted by Crippen LogP contribution is 2.26. The molecule has 1 aromatic heterocycles. The van der Waals surface area contributed by atoms with Gasteiger partial charge in [-0.3, -0.25) is 4.79 Å². The number of ether oxygens (including phenoxy) is 1. The van der Waals surface area contributed by atoms with Crippen LogP contribution in [0.1, 0.15) is 27.2 Å². The van der Waals surface area contributed by atoms with Crippen LogP contribution in [0, 0.1) is 20.8 Å². The fourth-order valence-electron chi connectivity index (χ4n) is 2.64. The quantitative estimate of drug-likeness (QED) is 0.703. The molecule has 1 amide bonds. The Morgan fingerprint density at radius 2 is 1.81 bits per heavy atom. The fourth-order valence-corrected chi connectivity index (χ4v) is 2.64. The second kappa shape index (κ2) is 7.86. The minimum Gasteiger partial charge on any atom is -0.495 e. The molecule has 2 aromatic carbocycles. The SMILES string of the molecule is COc1ccc(C)cc1NC(=O)c1cnc(Nc2cccc(C)c2C)cn1. The number of carbonyl (C=O) groups excluding carboxylic acids is 1. The molecular weight excluding hydrogens is 340 g/mol. The van der Waals surface area contributed by atoms with E-state index in [9.17, 15) is 4.79 Å². The summed E-state index contributed by atoms with van der Waals surface area (Å²) in [5, 5.41) is 6.05. The number of aromatic nitrogens is 2. The molecule has 0 saturated heterocycles. The van der Waals surface area contributed by atoms with Gasteiger partial charge < -0.3 is 15.4 Å². The molecule has 0 aliphatic rings. The van der Waals surface area contributed by atoms with E-state index in [-0.39, 0.29) is 11.6 Å². The Labute approximate surface area is 158 Å². The molecule has 2 N–H and O–H groups in total. The van der Waals surface area contributed by atoms with E-state index in [1.54, 1.807) is 13.3 Å². The van der Waals surface area contributed by atoms with E-state index in [2.05, 4.69) is 33.6 Å². The van der Waals surface area contributed by atoms with Crippen LogP contribution in [0.4, 0.5) is 17.2 Å². The van der Waals surface area contributed by atoms with E-state index < -0.39 is 0 Å². The number of amides is 1. The number of aryl methyl sites for hydroxylation is 2. The number of methoxy groups -OCH3 is 1. The Morgan fingerprint density at radius 3 is 2.52 bits per heavy atom. The number of nitrogens with one attached hydrogen (secondary N) is 2. The predicted molar refractivity (Wildman–Crippen MR) is 107 cm³/mol. The minimum atomic E-state index is -0.343. The summed E-state index contributed by atoms with van der Waals surface area (Å²) in [5.41, 5.74) is 5.15. The van der Waals surface area contributed by atoms with Gasteiger partial charge in [-0.25, -0.2) is 9.97 Å². The lowest BCUT2D eigenvalue weighted by Gasteiger charge is -2.12. The summed E-state index contributed by atoms with van der Waals surface area (Å²) in [5.74, 6) is 0.827. The van der Waals surface area contributed by atoms with Crippen LogP contribution in [0.3, 0.4) is 0 Å². The molecule has 0 saturated carbocycles. The summed E-state index contributed by atoms with van der Waals surface area (Å²) >= 11 is 0. The fraction of sp³-hybridized carbons (Fsp3) is 0.190. The van der Waals surface area contributed by atoms with E-state index in [0.29, 0.717) is 17.3 Å². The van der Waals surface area contributed by atoms with Crippen molar-refractivity contribution in [3.05, 3.63) is 71.2 Å². The lowest BCUT2D eigenvalue weighted by atomic mass is 10.1. The lowest BCUT2D eigenvalue weighted by Crippen LogP contribution is -2.15. The topological polar surface area (TPSA) is 76.1 Å². The Bertz CT molecular complexity index is 968. The van der Waals surface area contributed by atoms with Gasteiger partial charge in [0.25, 0.3) is 5.91 Å². The Kier molecular flexibility index (Phi) is 5.35. The summed E-state index contributed by atoms with van der Waals surface area (Å²) in [4.78, 5) is 21.0. The van der Waals surface area contributed by atoms with Gasteiger partial charge in [0.1, 0.15) is 17.3 Å². The van der Waals surface area contributed by atoms with Crippen LogP contribution < -0.4 is 15.4 Å². The average Bonchev–Trinajstić information content (AvgIpc) is 2.66. The molecule has 0 fully saturated rings. The summed E-state index contributed by atoms with van der Waals surface area (Å²) in [6.45, 7) is 6.05. The number of carbonyl (C=O) groups is 1. The predicted octanol–water partition coefficient (Wildman–Crippen LogP) is 4.41. The number of hydrogen-bond acceptors (Lipinski definition) is 5. The highest BCUT2D eigenvalue weighted by atomic mass is 16.5. The highest BCUT2D eigenvalue weighted by molar-refractivity contribution is 6.03. The van der Waals surface area contributed by atoms with Crippen molar-refractivity contribution >= 4 is 23.1 Å². The van der Waals surface area contributed by atoms with Crippen molar-refractivity contribution < 1.29 is 9.53 Å². The Hall–Kier alpha value is -3.41. The van der Waals surface area contributed by atoms with Crippen LogP contribution in [0.15, 0.2) is 48.8 Å². The number of anilines is 3. The largest absolute Gasteiger partial charge is 0.495 e. The summed E-state index contributed by atoms with van der Waals surface area (Å²) in [7, 11) is 1.56. The van der Waals surface area contributed by atoms with Crippen LogP contribution in [-0.2, 0) is 0 Å². The molecule has 0 unspecified atom stereocenters. The Balaban J connectivity index is 1.74. The standard InChI is InChI=1S/C21H22N4O2/c1-13-8-9-19(27-4)17(10-13)25-21(26)18-11-23-20(12-22-18)24-16-7-5-6-14(2)15(16)3/h5-12H,1-4H3,(H,23,24)(H,25,26). The molecule has 0 spiro atoms. The van der Waals surface area contributed by atoms with Crippen molar-refractivity contribution in [2.75, 3.05) is 17.7 Å². The zero-order valence-electron chi connectivity index (χ0n) is 15.8. The van der Waals surface area contributed by atoms with Gasteiger partial charge in [-0.2, -0.15) is 0 Å². The lowest BCUT2D eigenvalue weighted by molar-refractivity contribution is 0.102. The van der Waals surface area contributed by atoms with Gasteiger partial charge in [0.2, 0.25) is 0 Å². The number of benzene rings is 2. The molecule has 6 nitrogen and oxygen atoms in total. The molecular formula is C21H22N4O2. The van der Waals surface area contributed by atoms with Gasteiger partial charge in [0.15, 0.2) is 0 Å². The molecule has 138 valence electrons. The smallest absolute Gasteiger partial charge is 0.275 e. The maximum absolute atomic E-state index is 12.5. The van der Waals surface area contributed by atoms with Crippen molar-refractivity contribution in [3.63, 3.8) is 0 Å². The molecule has 0 aliphatic carbocycles. The van der Waals surface area contributed by atoms with Gasteiger partial charge >= 0.3 is 0 Å². The minimum absolute atomic E-state index is 0.227. The van der Waals surface area contributed by atoms with E-state index in [4.69, 9.17) is 4.74 Å². The first kappa shape index (κ1) is 18.4. The third kappa shape index (κ3) is 4.23. The molecule has 0 bridgehead atoms. The molecule has 27 heavy (non-hydrogen) atoms. The molecule has 3 rings (SSSR count). The van der Waals surface area contributed by atoms with E-state index >= 15 is 0 Å². The van der Waals surface area contributed by atoms with Crippen molar-refractivity contribution in [2.45, 2.75) is 20.8 Å². The number of rotatable bonds is 5. The molecule has 6 heteroatoms. The summed E-state index contributed by atoms with van der Waals surface area (Å²) < 4.78 is 5.28. The monoisotopic (exact) mass is 362 g/mol. The van der Waals surface area contributed by atoms with Gasteiger partial charge in [0, 0.05) is 5.69 Å². The van der Waals surface area contributed by atoms with E-state index in [1.165, 1.54) is 11.8 Å². The van der Waals surface area contributed by atoms with Crippen LogP contribution in [-0.4, -0.2) is 23.0 Å². The second-order valence-corrected chi connectivity index (χ2v) is 6.32. The van der Waals surface area contributed by atoms with Crippen LogP contribution in [0.2, 0.25) is 0 Å². The van der Waals surface area contributed by atoms with Crippen LogP contribution in [0.5, 0.6) is 5.75 Å². The highest BCUT2D eigenvalue weighted by Gasteiger charge is 2.12. The average molecular weight is 362 g/mol. The van der Waals surface area contributed by atoms with Crippen molar-refractivity contribution in [3.8, 4) is 5.75 Å². The second-order valence-electron chi connectivity index (χ2n) is 6.32. The first-order valence-corrected chi connectivity index (χ1v) is 8.59. The van der Waals surface area contributed by atoms with Crippen LogP contribution in [0.25, 0.3) is 0 Å². The number of hydrogen-bond donors (Lipinski definition) is 2. The van der Waals surface area contributed by atoms with E-state index in [1.807, 2.05) is 44.2 Å². The van der Waals surface area contributed by atoms with Crippen LogP contribution >= 0.6 is 0 Å². The zero-order valence-corrected chi connectivity index (χ0v) is 15.8. The van der Waals surface area contributed by atoms with Crippen molar-refractivity contribution in [1.29, 1.82) is 0 Å². The first-order valence-electron chi connectivity index (χ1n) is 8.59. The van der Waals surface area contributed by atoms with Crippen molar-refractivity contribution in [2.24, 2.45) is 0 Å². The normalized spacial score (nSPS) is 10.4. The first-order chi connectivity index (χ1) is 13.0. The van der Waals surface area contributed by atoms with Crippen molar-refractivity contribution in [1.82, 2.24) is 9.97 Å². The van der Waals surface area contributed by atoms with E-state index in [0.717, 1.165) is 16.8 Å². The maximum atomic E-state index is 12.5. The molecule has 0 aliphatic heterocycles. The number of nitrogens with zero attached hydrogens (tertiary/aromatic N) is 2. The zero-order chi connectivity index (χ0) is 19.4. The molecule has 0 radical (unpaired) electrons. The summed E-state index contributed by atoms with van der Waals surface area (Å²) in [6.07, 6.45) is 3.00. The Morgan fingerprint density at radius 1 is 1.00 bits per heavy atom. The molecule has 1 heterocycles. The van der Waals surface area contributed by atoms with Gasteiger partial charge in [-0.1, -0.05) is 18.2 Å². The van der Waals surface area contributed by atoms with Gasteiger partial charge in [0.05, 0.1) is 25.2 Å². The van der Waals surface area contributed by atoms with Gasteiger partial charge in [-0.15, -0.1) is 0 Å². The maximum Gasteiger partial charge on any atom is 0.275 e.